The molecule has 130 valence electrons. The molecule has 0 amide bonds. The monoisotopic (exact) mass is 376 g/mol. The molecule has 4 heteroatoms. The summed E-state index contributed by atoms with van der Waals surface area (Å²) in [4.78, 5) is 6.14. The lowest BCUT2D eigenvalue weighted by atomic mass is 10.00. The van der Waals surface area contributed by atoms with E-state index in [2.05, 4.69) is 65.3 Å². The number of hydrogen-bond acceptors (Lipinski definition) is 4. The smallest absolute Gasteiger partial charge is 0.108 e. The van der Waals surface area contributed by atoms with Crippen LogP contribution in [0, 0.1) is 0 Å². The first kappa shape index (κ1) is 16.2. The molecule has 1 unspecified atom stereocenters. The average Bonchev–Trinajstić information content (AvgIpc) is 3.41. The van der Waals surface area contributed by atoms with Gasteiger partial charge in [0.05, 0.1) is 16.3 Å². The summed E-state index contributed by atoms with van der Waals surface area (Å²) in [7, 11) is 0. The Balaban J connectivity index is 1.43. The first-order valence-electron chi connectivity index (χ1n) is 9.10. The third kappa shape index (κ3) is 3.09. The number of fused-ring (bicyclic) bond motifs is 2. The van der Waals surface area contributed by atoms with Crippen molar-refractivity contribution in [2.45, 2.75) is 31.8 Å². The predicted octanol–water partition coefficient (Wildman–Crippen LogP) is 5.73. The molecule has 1 atom stereocenters. The number of nitrogens with one attached hydrogen (secondary N) is 1. The van der Waals surface area contributed by atoms with Crippen molar-refractivity contribution in [3.63, 3.8) is 0 Å². The van der Waals surface area contributed by atoms with Crippen LogP contribution in [0.5, 0.6) is 0 Å². The van der Waals surface area contributed by atoms with Gasteiger partial charge in [0.15, 0.2) is 0 Å². The summed E-state index contributed by atoms with van der Waals surface area (Å²) >= 11 is 3.60. The number of thiophene rings is 1. The number of nitrogens with zero attached hydrogens (tertiary/aromatic N) is 1. The van der Waals surface area contributed by atoms with Crippen molar-refractivity contribution in [3.05, 3.63) is 86.6 Å². The van der Waals surface area contributed by atoms with Gasteiger partial charge in [-0.05, 0) is 59.5 Å². The molecule has 26 heavy (non-hydrogen) atoms. The van der Waals surface area contributed by atoms with Crippen LogP contribution in [-0.2, 0) is 19.4 Å². The van der Waals surface area contributed by atoms with Gasteiger partial charge in [-0.25, -0.2) is 4.98 Å². The average molecular weight is 377 g/mol. The highest BCUT2D eigenvalue weighted by Crippen LogP contribution is 2.31. The fraction of sp³-hybridized carbons (Fsp3) is 0.227. The summed E-state index contributed by atoms with van der Waals surface area (Å²) in [5, 5.41) is 7.07. The largest absolute Gasteiger partial charge is 0.299 e. The summed E-state index contributed by atoms with van der Waals surface area (Å²) in [6.45, 7) is 0.791. The highest BCUT2D eigenvalue weighted by Gasteiger charge is 2.19. The quantitative estimate of drug-likeness (QED) is 0.481. The van der Waals surface area contributed by atoms with Crippen LogP contribution in [-0.4, -0.2) is 4.98 Å². The van der Waals surface area contributed by atoms with Crippen molar-refractivity contribution < 1.29 is 0 Å². The Bertz CT molecular complexity index is 1000. The van der Waals surface area contributed by atoms with Gasteiger partial charge >= 0.3 is 0 Å². The van der Waals surface area contributed by atoms with Crippen molar-refractivity contribution in [2.75, 3.05) is 0 Å². The topological polar surface area (TPSA) is 24.9 Å². The molecule has 2 heterocycles. The third-order valence-electron chi connectivity index (χ3n) is 5.08. The highest BCUT2D eigenvalue weighted by atomic mass is 32.1. The molecule has 2 aromatic heterocycles. The number of para-hydroxylation sites is 1. The Morgan fingerprint density at radius 2 is 1.92 bits per heavy atom. The summed E-state index contributed by atoms with van der Waals surface area (Å²) in [5.41, 5.74) is 5.53. The van der Waals surface area contributed by atoms with Gasteiger partial charge in [-0.2, -0.15) is 0 Å². The van der Waals surface area contributed by atoms with Gasteiger partial charge in [-0.3, -0.25) is 5.32 Å². The Morgan fingerprint density at radius 1 is 1.00 bits per heavy atom. The van der Waals surface area contributed by atoms with Gasteiger partial charge < -0.3 is 0 Å². The zero-order chi connectivity index (χ0) is 17.3. The first-order valence-corrected chi connectivity index (χ1v) is 10.8. The van der Waals surface area contributed by atoms with Gasteiger partial charge in [0.1, 0.15) is 5.01 Å². The minimum atomic E-state index is 0.230. The van der Waals surface area contributed by atoms with E-state index in [4.69, 9.17) is 4.98 Å². The third-order valence-corrected chi connectivity index (χ3v) is 7.05. The molecule has 1 aliphatic carbocycles. The van der Waals surface area contributed by atoms with Crippen molar-refractivity contribution in [3.8, 4) is 0 Å². The molecular formula is C22H20N2S2. The SMILES string of the molecule is c1csc(C(NCc2nc3ccccc3s2)c2ccc3c(c2)CCC3)c1. The molecule has 1 aliphatic rings. The summed E-state index contributed by atoms with van der Waals surface area (Å²) in [6, 6.07) is 20.0. The fourth-order valence-electron chi connectivity index (χ4n) is 3.79. The van der Waals surface area contributed by atoms with E-state index in [9.17, 15) is 0 Å². The minimum Gasteiger partial charge on any atom is -0.299 e. The number of aryl methyl sites for hydroxylation is 2. The van der Waals surface area contributed by atoms with Crippen molar-refractivity contribution >= 4 is 32.9 Å². The maximum absolute atomic E-state index is 4.78. The van der Waals surface area contributed by atoms with Gasteiger partial charge in [0, 0.05) is 11.4 Å². The van der Waals surface area contributed by atoms with Gasteiger partial charge in [-0.1, -0.05) is 36.4 Å². The lowest BCUT2D eigenvalue weighted by Gasteiger charge is -2.18. The van der Waals surface area contributed by atoms with E-state index in [1.54, 1.807) is 11.3 Å². The van der Waals surface area contributed by atoms with E-state index in [1.165, 1.54) is 45.5 Å². The van der Waals surface area contributed by atoms with E-state index in [0.717, 1.165) is 17.1 Å². The Morgan fingerprint density at radius 3 is 2.81 bits per heavy atom. The van der Waals surface area contributed by atoms with E-state index >= 15 is 0 Å². The molecule has 0 fully saturated rings. The lowest BCUT2D eigenvalue weighted by Crippen LogP contribution is -2.21. The van der Waals surface area contributed by atoms with Crippen LogP contribution in [0.2, 0.25) is 0 Å². The highest BCUT2D eigenvalue weighted by molar-refractivity contribution is 7.18. The molecule has 5 rings (SSSR count). The second-order valence-electron chi connectivity index (χ2n) is 6.79. The molecule has 2 nitrogen and oxygen atoms in total. The number of aromatic nitrogens is 1. The van der Waals surface area contributed by atoms with E-state index in [1.807, 2.05) is 11.3 Å². The van der Waals surface area contributed by atoms with Crippen LogP contribution in [0.25, 0.3) is 10.2 Å². The molecule has 0 saturated carbocycles. The zero-order valence-electron chi connectivity index (χ0n) is 14.4. The summed E-state index contributed by atoms with van der Waals surface area (Å²) in [5.74, 6) is 0. The normalized spacial score (nSPS) is 14.6. The summed E-state index contributed by atoms with van der Waals surface area (Å²) < 4.78 is 1.26. The maximum atomic E-state index is 4.78. The molecule has 0 spiro atoms. The van der Waals surface area contributed by atoms with E-state index in [-0.39, 0.29) is 6.04 Å². The molecule has 0 aliphatic heterocycles. The molecule has 4 aromatic rings. The Hall–Kier alpha value is -2.01. The van der Waals surface area contributed by atoms with Gasteiger partial charge in [-0.15, -0.1) is 22.7 Å². The molecule has 0 bridgehead atoms. The maximum Gasteiger partial charge on any atom is 0.108 e. The van der Waals surface area contributed by atoms with Crippen LogP contribution in [0.4, 0.5) is 0 Å². The van der Waals surface area contributed by atoms with Crippen LogP contribution in [0.3, 0.4) is 0 Å². The second-order valence-corrected chi connectivity index (χ2v) is 8.88. The predicted molar refractivity (Wildman–Crippen MR) is 111 cm³/mol. The molecule has 1 N–H and O–H groups in total. The Labute approximate surface area is 161 Å². The number of rotatable bonds is 5. The number of benzene rings is 2. The van der Waals surface area contributed by atoms with Gasteiger partial charge in [0.25, 0.3) is 0 Å². The molecule has 0 radical (unpaired) electrons. The molecule has 2 aromatic carbocycles. The van der Waals surface area contributed by atoms with Gasteiger partial charge in [0.2, 0.25) is 0 Å². The van der Waals surface area contributed by atoms with Crippen LogP contribution in [0.1, 0.15) is 39.0 Å². The summed E-state index contributed by atoms with van der Waals surface area (Å²) in [6.07, 6.45) is 3.75. The van der Waals surface area contributed by atoms with Crippen molar-refractivity contribution in [1.82, 2.24) is 10.3 Å². The Kier molecular flexibility index (Phi) is 4.33. The van der Waals surface area contributed by atoms with E-state index < -0.39 is 0 Å². The van der Waals surface area contributed by atoms with Crippen LogP contribution < -0.4 is 5.32 Å². The lowest BCUT2D eigenvalue weighted by molar-refractivity contribution is 0.611. The number of hydrogen-bond donors (Lipinski definition) is 1. The standard InChI is InChI=1S/C22H20N2S2/c1-2-8-19-18(7-1)24-21(26-19)14-23-22(20-9-4-12-25-20)17-11-10-15-5-3-6-16(15)13-17/h1-2,4,7-13,22-23H,3,5-6,14H2. The van der Waals surface area contributed by atoms with E-state index in [0.29, 0.717) is 0 Å². The van der Waals surface area contributed by atoms with Crippen molar-refractivity contribution in [1.29, 1.82) is 0 Å². The fourth-order valence-corrected chi connectivity index (χ4v) is 5.54. The molecule has 0 saturated heterocycles. The second kappa shape index (κ2) is 6.95. The van der Waals surface area contributed by atoms with Crippen LogP contribution >= 0.6 is 22.7 Å². The molecular weight excluding hydrogens is 356 g/mol. The number of thiazole rings is 1. The van der Waals surface area contributed by atoms with Crippen molar-refractivity contribution in [2.24, 2.45) is 0 Å². The first-order chi connectivity index (χ1) is 12.9. The minimum absolute atomic E-state index is 0.230. The zero-order valence-corrected chi connectivity index (χ0v) is 16.1. The van der Waals surface area contributed by atoms with Crippen LogP contribution in [0.15, 0.2) is 60.0 Å².